The molecular weight excluding hydrogens is 182 g/mol. The first-order chi connectivity index (χ1) is 6.40. The second kappa shape index (κ2) is 3.92. The molecule has 0 unspecified atom stereocenters. The molecule has 0 aliphatic carbocycles. The summed E-state index contributed by atoms with van der Waals surface area (Å²) >= 11 is 1.53. The Morgan fingerprint density at radius 1 is 1.31 bits per heavy atom. The predicted octanol–water partition coefficient (Wildman–Crippen LogP) is 2.55. The monoisotopic (exact) mass is 195 g/mol. The van der Waals surface area contributed by atoms with Crippen molar-refractivity contribution in [1.82, 2.24) is 0 Å². The van der Waals surface area contributed by atoms with Gasteiger partial charge in [0.05, 0.1) is 4.88 Å². The van der Waals surface area contributed by atoms with E-state index in [-0.39, 0.29) is 0 Å². The van der Waals surface area contributed by atoms with Gasteiger partial charge >= 0.3 is 0 Å². The second-order valence-corrected chi connectivity index (χ2v) is 4.32. The molecule has 0 bridgehead atoms. The van der Waals surface area contributed by atoms with Crippen LogP contribution in [-0.2, 0) is 0 Å². The van der Waals surface area contributed by atoms with E-state index in [2.05, 4.69) is 10.3 Å². The largest absolute Gasteiger partial charge is 0.371 e. The zero-order valence-corrected chi connectivity index (χ0v) is 8.35. The summed E-state index contributed by atoms with van der Waals surface area (Å²) in [6.45, 7) is 2.30. The summed E-state index contributed by atoms with van der Waals surface area (Å²) in [6.07, 6.45) is 4.85. The lowest BCUT2D eigenvalue weighted by Crippen LogP contribution is -2.28. The summed E-state index contributed by atoms with van der Waals surface area (Å²) in [7, 11) is 0. The molecule has 1 aliphatic heterocycles. The summed E-state index contributed by atoms with van der Waals surface area (Å²) in [6, 6.07) is 1.99. The molecule has 2 nitrogen and oxygen atoms in total. The van der Waals surface area contributed by atoms with Gasteiger partial charge in [0.2, 0.25) is 0 Å². The number of thiophene rings is 1. The van der Waals surface area contributed by atoms with Crippen molar-refractivity contribution in [1.29, 1.82) is 0 Å². The van der Waals surface area contributed by atoms with Crippen molar-refractivity contribution in [2.75, 3.05) is 18.0 Å². The van der Waals surface area contributed by atoms with E-state index in [1.807, 2.05) is 6.07 Å². The first-order valence-electron chi connectivity index (χ1n) is 4.69. The van der Waals surface area contributed by atoms with Crippen molar-refractivity contribution in [3.63, 3.8) is 0 Å². The molecule has 2 rings (SSSR count). The van der Waals surface area contributed by atoms with E-state index in [9.17, 15) is 4.79 Å². The number of piperidine rings is 1. The van der Waals surface area contributed by atoms with Gasteiger partial charge in [0.15, 0.2) is 6.29 Å². The zero-order chi connectivity index (χ0) is 9.10. The summed E-state index contributed by atoms with van der Waals surface area (Å²) in [5.41, 5.74) is 1.23. The summed E-state index contributed by atoms with van der Waals surface area (Å²) in [5, 5.41) is 2.08. The van der Waals surface area contributed by atoms with Gasteiger partial charge in [-0.05, 0) is 25.3 Å². The van der Waals surface area contributed by atoms with E-state index in [0.717, 1.165) is 24.3 Å². The maximum absolute atomic E-state index is 10.5. The summed E-state index contributed by atoms with van der Waals surface area (Å²) in [5.74, 6) is 0. The molecule has 0 atom stereocenters. The van der Waals surface area contributed by atoms with Crippen LogP contribution >= 0.6 is 11.3 Å². The molecule has 1 fully saturated rings. The smallest absolute Gasteiger partial charge is 0.160 e. The van der Waals surface area contributed by atoms with E-state index in [4.69, 9.17) is 0 Å². The van der Waals surface area contributed by atoms with Crippen LogP contribution in [0.1, 0.15) is 28.9 Å². The number of anilines is 1. The molecule has 1 saturated heterocycles. The molecule has 0 N–H and O–H groups in total. The number of carbonyl (C=O) groups excluding carboxylic acids is 1. The van der Waals surface area contributed by atoms with Gasteiger partial charge < -0.3 is 4.90 Å². The fraction of sp³-hybridized carbons (Fsp3) is 0.500. The van der Waals surface area contributed by atoms with Gasteiger partial charge in [-0.2, -0.15) is 0 Å². The van der Waals surface area contributed by atoms with Crippen LogP contribution < -0.4 is 4.90 Å². The Hall–Kier alpha value is -0.830. The van der Waals surface area contributed by atoms with Gasteiger partial charge in [-0.1, -0.05) is 0 Å². The molecule has 1 aliphatic rings. The van der Waals surface area contributed by atoms with E-state index in [1.54, 1.807) is 0 Å². The molecule has 0 spiro atoms. The molecular formula is C10H13NOS. The number of aldehydes is 1. The lowest BCUT2D eigenvalue weighted by atomic mass is 10.1. The molecule has 0 amide bonds. The molecule has 0 radical (unpaired) electrons. The quantitative estimate of drug-likeness (QED) is 0.676. The third-order valence-corrected chi connectivity index (χ3v) is 3.29. The Labute approximate surface area is 82.2 Å². The molecule has 70 valence electrons. The van der Waals surface area contributed by atoms with E-state index >= 15 is 0 Å². The maximum atomic E-state index is 10.5. The first kappa shape index (κ1) is 8.75. The average molecular weight is 195 g/mol. The Morgan fingerprint density at radius 2 is 2.08 bits per heavy atom. The van der Waals surface area contributed by atoms with E-state index in [1.165, 1.54) is 36.3 Å². The zero-order valence-electron chi connectivity index (χ0n) is 7.53. The normalized spacial score (nSPS) is 17.4. The Bertz CT molecular complexity index is 289. The molecule has 0 aromatic carbocycles. The minimum Gasteiger partial charge on any atom is -0.371 e. The first-order valence-corrected chi connectivity index (χ1v) is 5.57. The number of nitrogens with zero attached hydrogens (tertiary/aromatic N) is 1. The minimum atomic E-state index is 0.834. The van der Waals surface area contributed by atoms with Crippen LogP contribution in [0.3, 0.4) is 0 Å². The lowest BCUT2D eigenvalue weighted by Gasteiger charge is -2.27. The van der Waals surface area contributed by atoms with Gasteiger partial charge in [0, 0.05) is 24.2 Å². The van der Waals surface area contributed by atoms with E-state index < -0.39 is 0 Å². The van der Waals surface area contributed by atoms with Gasteiger partial charge in [-0.3, -0.25) is 4.79 Å². The number of hydrogen-bond acceptors (Lipinski definition) is 3. The Balaban J connectivity index is 2.09. The van der Waals surface area contributed by atoms with Crippen molar-refractivity contribution in [3.05, 3.63) is 16.3 Å². The SMILES string of the molecule is O=Cc1cc(N2CCCCC2)cs1. The van der Waals surface area contributed by atoms with Crippen molar-refractivity contribution in [2.24, 2.45) is 0 Å². The fourth-order valence-corrected chi connectivity index (χ4v) is 2.44. The predicted molar refractivity (Wildman–Crippen MR) is 55.8 cm³/mol. The van der Waals surface area contributed by atoms with Crippen molar-refractivity contribution in [2.45, 2.75) is 19.3 Å². The topological polar surface area (TPSA) is 20.3 Å². The molecule has 3 heteroatoms. The van der Waals surface area contributed by atoms with Crippen molar-refractivity contribution < 1.29 is 4.79 Å². The fourth-order valence-electron chi connectivity index (χ4n) is 1.72. The minimum absolute atomic E-state index is 0.834. The van der Waals surface area contributed by atoms with E-state index in [0.29, 0.717) is 0 Å². The lowest BCUT2D eigenvalue weighted by molar-refractivity contribution is 0.112. The molecule has 13 heavy (non-hydrogen) atoms. The number of hydrogen-bond donors (Lipinski definition) is 0. The third kappa shape index (κ3) is 1.91. The van der Waals surface area contributed by atoms with Crippen LogP contribution in [-0.4, -0.2) is 19.4 Å². The van der Waals surface area contributed by atoms with Crippen LogP contribution in [0.15, 0.2) is 11.4 Å². The molecule has 1 aromatic rings. The highest BCUT2D eigenvalue weighted by Crippen LogP contribution is 2.24. The van der Waals surface area contributed by atoms with Crippen molar-refractivity contribution in [3.8, 4) is 0 Å². The second-order valence-electron chi connectivity index (χ2n) is 3.37. The standard InChI is InChI=1S/C10H13NOS/c12-7-10-6-9(8-13-10)11-4-2-1-3-5-11/h6-8H,1-5H2. The Morgan fingerprint density at radius 3 is 2.69 bits per heavy atom. The van der Waals surface area contributed by atoms with Gasteiger partial charge in [-0.25, -0.2) is 0 Å². The molecule has 0 saturated carbocycles. The molecule has 1 aromatic heterocycles. The average Bonchev–Trinajstić information content (AvgIpc) is 2.67. The van der Waals surface area contributed by atoms with Crippen molar-refractivity contribution >= 4 is 23.3 Å². The Kier molecular flexibility index (Phi) is 2.64. The summed E-state index contributed by atoms with van der Waals surface area (Å²) < 4.78 is 0. The third-order valence-electron chi connectivity index (χ3n) is 2.44. The van der Waals surface area contributed by atoms with Gasteiger partial charge in [0.1, 0.15) is 0 Å². The summed E-state index contributed by atoms with van der Waals surface area (Å²) in [4.78, 5) is 13.7. The molecule has 2 heterocycles. The van der Waals surface area contributed by atoms with Gasteiger partial charge in [-0.15, -0.1) is 11.3 Å². The highest BCUT2D eigenvalue weighted by molar-refractivity contribution is 7.12. The van der Waals surface area contributed by atoms with Gasteiger partial charge in [0.25, 0.3) is 0 Å². The van der Waals surface area contributed by atoms with Crippen LogP contribution in [0.2, 0.25) is 0 Å². The van der Waals surface area contributed by atoms with Crippen LogP contribution in [0.4, 0.5) is 5.69 Å². The van der Waals surface area contributed by atoms with Crippen LogP contribution in [0.5, 0.6) is 0 Å². The highest BCUT2D eigenvalue weighted by atomic mass is 32.1. The van der Waals surface area contributed by atoms with Crippen LogP contribution in [0.25, 0.3) is 0 Å². The number of rotatable bonds is 2. The van der Waals surface area contributed by atoms with Crippen LogP contribution in [0, 0.1) is 0 Å². The highest BCUT2D eigenvalue weighted by Gasteiger charge is 2.11. The number of carbonyl (C=O) groups is 1. The maximum Gasteiger partial charge on any atom is 0.160 e.